The number of benzene rings is 8. The maximum absolute atomic E-state index is 5.63. The number of hydrogen-bond donors (Lipinski definition) is 0. The van der Waals surface area contributed by atoms with Crippen molar-refractivity contribution in [3.05, 3.63) is 170 Å². The molecule has 6 heterocycles. The summed E-state index contributed by atoms with van der Waals surface area (Å²) in [6.45, 7) is 0. The Hall–Kier alpha value is -7.12. The van der Waals surface area contributed by atoms with E-state index in [4.69, 9.17) is 9.97 Å². The molecule has 268 valence electrons. The first kappa shape index (κ1) is 31.0. The van der Waals surface area contributed by atoms with Crippen LogP contribution < -0.4 is 0 Å². The molecule has 1 aliphatic heterocycles. The molecular weight excluding hydrogens is 745 g/mol. The quantitative estimate of drug-likeness (QED) is 0.175. The van der Waals surface area contributed by atoms with Gasteiger partial charge in [0, 0.05) is 68.5 Å². The van der Waals surface area contributed by atoms with Gasteiger partial charge in [-0.2, -0.15) is 0 Å². The molecule has 0 atom stereocenters. The predicted molar refractivity (Wildman–Crippen MR) is 246 cm³/mol. The van der Waals surface area contributed by atoms with E-state index in [1.54, 1.807) is 11.3 Å². The monoisotopic (exact) mass is 772 g/mol. The maximum Gasteiger partial charge on any atom is 0.166 e. The highest BCUT2D eigenvalue weighted by molar-refractivity contribution is 7.26. The van der Waals surface area contributed by atoms with Crippen molar-refractivity contribution in [1.82, 2.24) is 19.1 Å². The normalized spacial score (nSPS) is 12.5. The van der Waals surface area contributed by atoms with Gasteiger partial charge < -0.3 is 4.57 Å². The zero-order valence-electron chi connectivity index (χ0n) is 30.8. The molecule has 0 N–H and O–H groups in total. The third kappa shape index (κ3) is 4.02. The third-order valence-electron chi connectivity index (χ3n) is 12.3. The standard InChI is InChI=1S/C52H28N4S2/c1-2-13-31-30(12-1)32-14-3-7-20-41(32)55-43-27-39-33-15-4-8-21-42(33)56(44(39)28-40(43)37-19-11-18-36(31)50(37)55)51-48(53-49-38-17-6-10-23-46(38)58-52(49)54-51)29-24-25-35-34-16-5-9-22-45(34)57-47(35)26-29/h1-28H. The minimum absolute atomic E-state index is 0.842. The molecule has 8 aromatic carbocycles. The fourth-order valence-electron chi connectivity index (χ4n) is 9.81. The minimum atomic E-state index is 0.842. The van der Waals surface area contributed by atoms with Crippen molar-refractivity contribution in [2.24, 2.45) is 0 Å². The fraction of sp³-hybridized carbons (Fsp3) is 0. The Kier molecular flexibility index (Phi) is 6.02. The molecule has 13 aromatic rings. The largest absolute Gasteiger partial charge is 0.308 e. The molecule has 0 spiro atoms. The minimum Gasteiger partial charge on any atom is -0.308 e. The summed E-state index contributed by atoms with van der Waals surface area (Å²) >= 11 is 3.55. The van der Waals surface area contributed by atoms with Crippen molar-refractivity contribution in [2.45, 2.75) is 0 Å². The van der Waals surface area contributed by atoms with Crippen LogP contribution in [0.4, 0.5) is 0 Å². The number of rotatable bonds is 2. The summed E-state index contributed by atoms with van der Waals surface area (Å²) < 4.78 is 8.62. The van der Waals surface area contributed by atoms with E-state index >= 15 is 0 Å². The van der Waals surface area contributed by atoms with E-state index in [2.05, 4.69) is 179 Å². The van der Waals surface area contributed by atoms with Gasteiger partial charge in [-0.15, -0.1) is 22.7 Å². The van der Waals surface area contributed by atoms with Crippen LogP contribution in [0.15, 0.2) is 170 Å². The smallest absolute Gasteiger partial charge is 0.166 e. The summed E-state index contributed by atoms with van der Waals surface area (Å²) in [5, 5.41) is 8.53. The summed E-state index contributed by atoms with van der Waals surface area (Å²) in [7, 11) is 0. The van der Waals surface area contributed by atoms with Crippen molar-refractivity contribution in [3.63, 3.8) is 0 Å². The average molecular weight is 773 g/mol. The Morgan fingerprint density at radius 2 is 1.00 bits per heavy atom. The van der Waals surface area contributed by atoms with E-state index in [1.807, 2.05) is 11.3 Å². The molecule has 6 heteroatoms. The van der Waals surface area contributed by atoms with Crippen LogP contribution in [0, 0.1) is 0 Å². The molecule has 0 amide bonds. The van der Waals surface area contributed by atoms with Crippen LogP contribution in [0.2, 0.25) is 0 Å². The number of hydrogen-bond acceptors (Lipinski definition) is 4. The van der Waals surface area contributed by atoms with Gasteiger partial charge in [-0.1, -0.05) is 127 Å². The summed E-state index contributed by atoms with van der Waals surface area (Å²) in [5.74, 6) is 0.842. The molecule has 0 saturated carbocycles. The second-order valence-electron chi connectivity index (χ2n) is 15.3. The van der Waals surface area contributed by atoms with Crippen molar-refractivity contribution >= 4 is 107 Å². The molecule has 0 aliphatic carbocycles. The lowest BCUT2D eigenvalue weighted by molar-refractivity contribution is 1.09. The van der Waals surface area contributed by atoms with Gasteiger partial charge >= 0.3 is 0 Å². The lowest BCUT2D eigenvalue weighted by Crippen LogP contribution is -2.03. The van der Waals surface area contributed by atoms with E-state index in [-0.39, 0.29) is 0 Å². The van der Waals surface area contributed by atoms with E-state index in [1.165, 1.54) is 85.4 Å². The van der Waals surface area contributed by atoms with Crippen molar-refractivity contribution in [2.75, 3.05) is 0 Å². The van der Waals surface area contributed by atoms with Gasteiger partial charge in [0.1, 0.15) is 16.0 Å². The van der Waals surface area contributed by atoms with Crippen LogP contribution in [-0.2, 0) is 0 Å². The van der Waals surface area contributed by atoms with Gasteiger partial charge in [-0.05, 0) is 53.6 Å². The first-order valence-corrected chi connectivity index (χ1v) is 21.2. The molecule has 0 unspecified atom stereocenters. The molecule has 1 aliphatic rings. The highest BCUT2D eigenvalue weighted by Crippen LogP contribution is 2.49. The predicted octanol–water partition coefficient (Wildman–Crippen LogP) is 14.7. The topological polar surface area (TPSA) is 35.6 Å². The molecule has 0 bridgehead atoms. The lowest BCUT2D eigenvalue weighted by Gasteiger charge is -2.14. The summed E-state index contributed by atoms with van der Waals surface area (Å²) in [5.41, 5.74) is 13.7. The van der Waals surface area contributed by atoms with Crippen molar-refractivity contribution in [1.29, 1.82) is 0 Å². The second kappa shape index (κ2) is 11.3. The number of para-hydroxylation sites is 3. The van der Waals surface area contributed by atoms with Gasteiger partial charge in [0.05, 0.1) is 27.8 Å². The van der Waals surface area contributed by atoms with E-state index in [9.17, 15) is 0 Å². The zero-order valence-corrected chi connectivity index (χ0v) is 32.4. The van der Waals surface area contributed by atoms with Gasteiger partial charge in [0.25, 0.3) is 0 Å². The van der Waals surface area contributed by atoms with E-state index in [0.29, 0.717) is 0 Å². The number of aromatic nitrogens is 4. The van der Waals surface area contributed by atoms with Crippen LogP contribution in [0.5, 0.6) is 0 Å². The third-order valence-corrected chi connectivity index (χ3v) is 14.5. The molecule has 0 radical (unpaired) electrons. The molecule has 58 heavy (non-hydrogen) atoms. The lowest BCUT2D eigenvalue weighted by atomic mass is 9.94. The van der Waals surface area contributed by atoms with Crippen molar-refractivity contribution < 1.29 is 0 Å². The van der Waals surface area contributed by atoms with Crippen LogP contribution >= 0.6 is 22.7 Å². The maximum atomic E-state index is 5.63. The van der Waals surface area contributed by atoms with Crippen molar-refractivity contribution in [3.8, 4) is 45.0 Å². The first-order chi connectivity index (χ1) is 28.8. The van der Waals surface area contributed by atoms with Gasteiger partial charge in [-0.25, -0.2) is 9.97 Å². The fourth-order valence-corrected chi connectivity index (χ4v) is 12.0. The molecule has 5 aromatic heterocycles. The number of nitrogens with zero attached hydrogens (tertiary/aromatic N) is 4. The number of thiophene rings is 2. The molecule has 14 rings (SSSR count). The first-order valence-electron chi connectivity index (χ1n) is 19.6. The molecular formula is C52H28N4S2. The van der Waals surface area contributed by atoms with Gasteiger partial charge in [0.15, 0.2) is 5.82 Å². The second-order valence-corrected chi connectivity index (χ2v) is 17.4. The van der Waals surface area contributed by atoms with Gasteiger partial charge in [-0.3, -0.25) is 4.57 Å². The number of fused-ring (bicyclic) bond motifs is 17. The zero-order chi connectivity index (χ0) is 37.6. The highest BCUT2D eigenvalue weighted by atomic mass is 32.1. The van der Waals surface area contributed by atoms with Crippen LogP contribution in [0.25, 0.3) is 129 Å². The Balaban J connectivity index is 1.12. The summed E-state index contributed by atoms with van der Waals surface area (Å²) in [6, 6.07) is 62.2. The van der Waals surface area contributed by atoms with Crippen LogP contribution in [0.3, 0.4) is 0 Å². The van der Waals surface area contributed by atoms with E-state index < -0.39 is 0 Å². The Bertz CT molecular complexity index is 3930. The Morgan fingerprint density at radius 1 is 0.379 bits per heavy atom. The summed E-state index contributed by atoms with van der Waals surface area (Å²) in [4.78, 5) is 12.2. The SMILES string of the molecule is c1ccc2c(c1)-c1ccccc1-n1c3cc4c5ccccc5n(-c5nc6sc7ccccc7c6nc5-c5ccc6c(c5)sc5ccccc56)c4cc3c3cccc-2c31. The molecule has 4 nitrogen and oxygen atoms in total. The molecule has 0 saturated heterocycles. The molecule has 0 fully saturated rings. The van der Waals surface area contributed by atoms with Gasteiger partial charge in [0.2, 0.25) is 0 Å². The average Bonchev–Trinajstić information content (AvgIpc) is 4.00. The van der Waals surface area contributed by atoms with Crippen LogP contribution in [0.1, 0.15) is 0 Å². The highest BCUT2D eigenvalue weighted by Gasteiger charge is 2.27. The van der Waals surface area contributed by atoms with Crippen LogP contribution in [-0.4, -0.2) is 19.1 Å². The summed E-state index contributed by atoms with van der Waals surface area (Å²) in [6.07, 6.45) is 0. The van der Waals surface area contributed by atoms with E-state index in [0.717, 1.165) is 43.8 Å². The Morgan fingerprint density at radius 3 is 1.86 bits per heavy atom. The Labute approximate surface area is 339 Å².